The van der Waals surface area contributed by atoms with E-state index in [-0.39, 0.29) is 12.5 Å². The molecule has 0 atom stereocenters. The van der Waals surface area contributed by atoms with Crippen molar-refractivity contribution in [1.29, 1.82) is 0 Å². The van der Waals surface area contributed by atoms with Crippen molar-refractivity contribution in [1.82, 2.24) is 15.1 Å². The normalized spacial score (nSPS) is 10.6. The first-order chi connectivity index (χ1) is 14.7. The molecule has 0 aliphatic heterocycles. The number of benzene rings is 2. The number of aromatic nitrogens is 2. The molecule has 0 fully saturated rings. The van der Waals surface area contributed by atoms with E-state index in [0.29, 0.717) is 17.1 Å². The Morgan fingerprint density at radius 1 is 1.00 bits per heavy atom. The Morgan fingerprint density at radius 3 is 2.50 bits per heavy atom. The molecule has 0 spiro atoms. The third kappa shape index (κ3) is 4.05. The lowest BCUT2D eigenvalue weighted by atomic mass is 10.1. The molecule has 0 aliphatic carbocycles. The van der Waals surface area contributed by atoms with Crippen molar-refractivity contribution in [2.24, 2.45) is 0 Å². The zero-order chi connectivity index (χ0) is 20.9. The van der Waals surface area contributed by atoms with E-state index < -0.39 is 0 Å². The van der Waals surface area contributed by atoms with Crippen LogP contribution in [0.4, 0.5) is 0 Å². The summed E-state index contributed by atoms with van der Waals surface area (Å²) in [4.78, 5) is 13.0. The van der Waals surface area contributed by atoms with Crippen LogP contribution in [0.2, 0.25) is 0 Å². The first-order valence-corrected chi connectivity index (χ1v) is 9.37. The van der Waals surface area contributed by atoms with Gasteiger partial charge < -0.3 is 19.2 Å². The summed E-state index contributed by atoms with van der Waals surface area (Å²) in [6.07, 6.45) is 1.57. The molecule has 0 aliphatic rings. The van der Waals surface area contributed by atoms with E-state index in [2.05, 4.69) is 10.4 Å². The van der Waals surface area contributed by atoms with E-state index in [1.807, 2.05) is 54.6 Å². The molecule has 0 bridgehead atoms. The van der Waals surface area contributed by atoms with E-state index in [1.165, 1.54) is 0 Å². The summed E-state index contributed by atoms with van der Waals surface area (Å²) in [7, 11) is 3.22. The molecule has 1 amide bonds. The van der Waals surface area contributed by atoms with E-state index in [1.54, 1.807) is 37.3 Å². The fourth-order valence-electron chi connectivity index (χ4n) is 3.06. The lowest BCUT2D eigenvalue weighted by Crippen LogP contribution is -2.25. The highest BCUT2D eigenvalue weighted by Gasteiger charge is 2.18. The first-order valence-electron chi connectivity index (χ1n) is 9.37. The van der Waals surface area contributed by atoms with Crippen LogP contribution in [0.3, 0.4) is 0 Å². The zero-order valence-corrected chi connectivity index (χ0v) is 16.7. The number of carbonyl (C=O) groups is 1. The number of amides is 1. The lowest BCUT2D eigenvalue weighted by molar-refractivity contribution is 0.0940. The van der Waals surface area contributed by atoms with E-state index in [0.717, 1.165) is 22.7 Å². The van der Waals surface area contributed by atoms with Crippen LogP contribution in [0, 0.1) is 0 Å². The molecule has 0 saturated heterocycles. The Kier molecular flexibility index (Phi) is 5.52. The summed E-state index contributed by atoms with van der Waals surface area (Å²) in [5.74, 6) is 1.86. The van der Waals surface area contributed by atoms with Crippen LogP contribution in [0.1, 0.15) is 16.2 Å². The first kappa shape index (κ1) is 19.3. The molecule has 1 N–H and O–H groups in total. The van der Waals surface area contributed by atoms with Crippen LogP contribution in [0.15, 0.2) is 77.4 Å². The van der Waals surface area contributed by atoms with Gasteiger partial charge in [-0.1, -0.05) is 12.1 Å². The number of nitrogens with zero attached hydrogens (tertiary/aromatic N) is 2. The maximum absolute atomic E-state index is 13.0. The molecular weight excluding hydrogens is 382 g/mol. The van der Waals surface area contributed by atoms with Crippen LogP contribution in [0.5, 0.6) is 11.5 Å². The van der Waals surface area contributed by atoms with Crippen molar-refractivity contribution in [3.05, 3.63) is 84.4 Å². The lowest BCUT2D eigenvalue weighted by Gasteiger charge is -2.08. The standard InChI is InChI=1S/C23H21N3O4/c1-28-18-10-8-17(9-11-18)26-22(23(27)24-15-20-7-4-12-30-20)14-21(25-26)16-5-3-6-19(13-16)29-2/h3-14H,15H2,1-2H3,(H,24,27). The zero-order valence-electron chi connectivity index (χ0n) is 16.7. The smallest absolute Gasteiger partial charge is 0.270 e. The average Bonchev–Trinajstić information content (AvgIpc) is 3.48. The summed E-state index contributed by atoms with van der Waals surface area (Å²) in [5, 5.41) is 7.56. The number of rotatable bonds is 7. The van der Waals surface area contributed by atoms with Gasteiger partial charge in [0.1, 0.15) is 23.0 Å². The van der Waals surface area contributed by atoms with Crippen molar-refractivity contribution in [2.45, 2.75) is 6.54 Å². The third-order valence-electron chi connectivity index (χ3n) is 4.63. The average molecular weight is 403 g/mol. The van der Waals surface area contributed by atoms with Crippen molar-refractivity contribution in [2.75, 3.05) is 14.2 Å². The molecule has 7 nitrogen and oxygen atoms in total. The number of ether oxygens (including phenoxy) is 2. The third-order valence-corrected chi connectivity index (χ3v) is 4.63. The van der Waals surface area contributed by atoms with Crippen molar-refractivity contribution >= 4 is 5.91 Å². The summed E-state index contributed by atoms with van der Waals surface area (Å²) < 4.78 is 17.5. The minimum absolute atomic E-state index is 0.260. The molecule has 0 unspecified atom stereocenters. The molecule has 0 saturated carbocycles. The van der Waals surface area contributed by atoms with Crippen molar-refractivity contribution < 1.29 is 18.7 Å². The predicted molar refractivity (Wildman–Crippen MR) is 112 cm³/mol. The van der Waals surface area contributed by atoms with Gasteiger partial charge in [-0.25, -0.2) is 4.68 Å². The SMILES string of the molecule is COc1ccc(-n2nc(-c3cccc(OC)c3)cc2C(=O)NCc2ccco2)cc1. The number of methoxy groups -OCH3 is 2. The molecule has 152 valence electrons. The highest BCUT2D eigenvalue weighted by Crippen LogP contribution is 2.26. The Bertz CT molecular complexity index is 1130. The number of hydrogen-bond donors (Lipinski definition) is 1. The minimum atomic E-state index is -0.260. The largest absolute Gasteiger partial charge is 0.497 e. The van der Waals surface area contributed by atoms with E-state index >= 15 is 0 Å². The second-order valence-electron chi connectivity index (χ2n) is 6.52. The van der Waals surface area contributed by atoms with Gasteiger partial charge in [-0.05, 0) is 54.6 Å². The highest BCUT2D eigenvalue weighted by atomic mass is 16.5. The Morgan fingerprint density at radius 2 is 1.80 bits per heavy atom. The van der Waals surface area contributed by atoms with Crippen molar-refractivity contribution in [3.8, 4) is 28.4 Å². The van der Waals surface area contributed by atoms with Crippen LogP contribution >= 0.6 is 0 Å². The molecule has 4 rings (SSSR count). The number of furan rings is 1. The van der Waals surface area contributed by atoms with Crippen LogP contribution < -0.4 is 14.8 Å². The van der Waals surface area contributed by atoms with Crippen molar-refractivity contribution in [3.63, 3.8) is 0 Å². The van der Waals surface area contributed by atoms with Gasteiger partial charge in [0.25, 0.3) is 5.91 Å². The van der Waals surface area contributed by atoms with Gasteiger partial charge >= 0.3 is 0 Å². The van der Waals surface area contributed by atoms with Gasteiger partial charge in [0.2, 0.25) is 0 Å². The number of nitrogens with one attached hydrogen (secondary N) is 1. The number of hydrogen-bond acceptors (Lipinski definition) is 5. The number of carbonyl (C=O) groups excluding carboxylic acids is 1. The fourth-order valence-corrected chi connectivity index (χ4v) is 3.06. The second kappa shape index (κ2) is 8.57. The monoisotopic (exact) mass is 403 g/mol. The fraction of sp³-hybridized carbons (Fsp3) is 0.130. The summed E-state index contributed by atoms with van der Waals surface area (Å²) in [5.41, 5.74) is 2.66. The Balaban J connectivity index is 1.71. The second-order valence-corrected chi connectivity index (χ2v) is 6.52. The van der Waals surface area contributed by atoms with Gasteiger partial charge in [-0.2, -0.15) is 5.10 Å². The van der Waals surface area contributed by atoms with Gasteiger partial charge in [-0.3, -0.25) is 4.79 Å². The predicted octanol–water partition coefficient (Wildman–Crippen LogP) is 4.08. The van der Waals surface area contributed by atoms with Gasteiger partial charge in [-0.15, -0.1) is 0 Å². The molecule has 30 heavy (non-hydrogen) atoms. The molecule has 2 heterocycles. The minimum Gasteiger partial charge on any atom is -0.497 e. The Labute approximate surface area is 173 Å². The quantitative estimate of drug-likeness (QED) is 0.503. The van der Waals surface area contributed by atoms with E-state index in [4.69, 9.17) is 13.9 Å². The molecule has 4 aromatic rings. The molecule has 2 aromatic heterocycles. The van der Waals surface area contributed by atoms with Crippen LogP contribution in [-0.4, -0.2) is 29.9 Å². The van der Waals surface area contributed by atoms with Gasteiger partial charge in [0.15, 0.2) is 0 Å². The summed E-state index contributed by atoms with van der Waals surface area (Å²) in [6, 6.07) is 20.3. The van der Waals surface area contributed by atoms with Gasteiger partial charge in [0, 0.05) is 5.56 Å². The Hall–Kier alpha value is -4.00. The topological polar surface area (TPSA) is 78.5 Å². The molecule has 2 aromatic carbocycles. The maximum atomic E-state index is 13.0. The summed E-state index contributed by atoms with van der Waals surface area (Å²) >= 11 is 0. The molecule has 0 radical (unpaired) electrons. The van der Waals surface area contributed by atoms with E-state index in [9.17, 15) is 4.79 Å². The molecule has 7 heteroatoms. The maximum Gasteiger partial charge on any atom is 0.270 e. The van der Waals surface area contributed by atoms with Gasteiger partial charge in [0.05, 0.1) is 38.4 Å². The molecular formula is C23H21N3O4. The van der Waals surface area contributed by atoms with Crippen LogP contribution in [-0.2, 0) is 6.54 Å². The summed E-state index contributed by atoms with van der Waals surface area (Å²) in [6.45, 7) is 0.286. The highest BCUT2D eigenvalue weighted by molar-refractivity contribution is 5.94. The van der Waals surface area contributed by atoms with Crippen LogP contribution in [0.25, 0.3) is 16.9 Å².